The molecule has 6 nitrogen and oxygen atoms in total. The average Bonchev–Trinajstić information content (AvgIpc) is 2.67. The highest BCUT2D eigenvalue weighted by Crippen LogP contribution is 2.15. The minimum Gasteiger partial charge on any atom is -0.404 e. The summed E-state index contributed by atoms with van der Waals surface area (Å²) in [6, 6.07) is 2.93. The van der Waals surface area contributed by atoms with Gasteiger partial charge < -0.3 is 14.8 Å². The molecule has 1 rings (SSSR count). The van der Waals surface area contributed by atoms with E-state index >= 15 is 0 Å². The van der Waals surface area contributed by atoms with Gasteiger partial charge in [0.25, 0.3) is 0 Å². The van der Waals surface area contributed by atoms with Crippen molar-refractivity contribution < 1.29 is 14.4 Å². The van der Waals surface area contributed by atoms with E-state index in [1.807, 2.05) is 6.92 Å². The molecule has 0 bridgehead atoms. The molecule has 1 heterocycles. The third-order valence-corrected chi connectivity index (χ3v) is 2.24. The molecule has 1 aromatic rings. The van der Waals surface area contributed by atoms with Gasteiger partial charge in [-0.05, 0) is 24.9 Å². The lowest BCUT2D eigenvalue weighted by molar-refractivity contribution is -0.402. The maximum Gasteiger partial charge on any atom is 0.433 e. The second-order valence-corrected chi connectivity index (χ2v) is 3.75. The normalized spacial score (nSPS) is 12.6. The summed E-state index contributed by atoms with van der Waals surface area (Å²) in [5.41, 5.74) is 0. The number of nitro groups is 1. The van der Waals surface area contributed by atoms with Gasteiger partial charge in [0.1, 0.15) is 10.7 Å². The Morgan fingerprint density at radius 2 is 2.38 bits per heavy atom. The first kappa shape index (κ1) is 12.7. The maximum absolute atomic E-state index is 10.3. The molecule has 0 amide bonds. The lowest BCUT2D eigenvalue weighted by atomic mass is 10.1. The number of rotatable bonds is 7. The van der Waals surface area contributed by atoms with Crippen molar-refractivity contribution in [1.82, 2.24) is 5.32 Å². The fourth-order valence-corrected chi connectivity index (χ4v) is 1.32. The predicted octanol–water partition coefficient (Wildman–Crippen LogP) is 1.30. The monoisotopic (exact) mass is 228 g/mol. The molecular formula is C10H16N2O4. The number of furan rings is 1. The van der Waals surface area contributed by atoms with Gasteiger partial charge in [-0.3, -0.25) is 10.1 Å². The van der Waals surface area contributed by atoms with E-state index in [4.69, 9.17) is 9.52 Å². The summed E-state index contributed by atoms with van der Waals surface area (Å²) in [6.07, 6.45) is 0.741. The molecule has 2 N–H and O–H groups in total. The third-order valence-electron chi connectivity index (χ3n) is 2.24. The van der Waals surface area contributed by atoms with Crippen molar-refractivity contribution in [2.75, 3.05) is 13.2 Å². The van der Waals surface area contributed by atoms with Crippen LogP contribution in [0.1, 0.15) is 19.1 Å². The first-order valence-electron chi connectivity index (χ1n) is 5.18. The van der Waals surface area contributed by atoms with E-state index in [1.165, 1.54) is 6.07 Å². The smallest absolute Gasteiger partial charge is 0.404 e. The Labute approximate surface area is 93.4 Å². The Bertz CT molecular complexity index is 337. The van der Waals surface area contributed by atoms with Crippen LogP contribution in [0.15, 0.2) is 16.5 Å². The Kier molecular flexibility index (Phi) is 4.94. The van der Waals surface area contributed by atoms with Crippen LogP contribution in [0, 0.1) is 16.0 Å². The minimum atomic E-state index is -0.558. The highest BCUT2D eigenvalue weighted by atomic mass is 16.6. The van der Waals surface area contributed by atoms with Gasteiger partial charge in [-0.1, -0.05) is 6.92 Å². The molecule has 0 aliphatic rings. The molecule has 0 aliphatic carbocycles. The van der Waals surface area contributed by atoms with Crippen LogP contribution in [0.3, 0.4) is 0 Å². The molecule has 1 unspecified atom stereocenters. The quantitative estimate of drug-likeness (QED) is 0.542. The van der Waals surface area contributed by atoms with E-state index in [0.717, 1.165) is 13.0 Å². The summed E-state index contributed by atoms with van der Waals surface area (Å²) < 4.78 is 4.98. The summed E-state index contributed by atoms with van der Waals surface area (Å²) in [7, 11) is 0. The Morgan fingerprint density at radius 3 is 2.94 bits per heavy atom. The van der Waals surface area contributed by atoms with E-state index < -0.39 is 4.92 Å². The number of hydrogen-bond acceptors (Lipinski definition) is 5. The molecule has 1 atom stereocenters. The Hall–Kier alpha value is -1.40. The summed E-state index contributed by atoms with van der Waals surface area (Å²) in [6.45, 7) is 3.40. The van der Waals surface area contributed by atoms with E-state index in [2.05, 4.69) is 5.32 Å². The predicted molar refractivity (Wildman–Crippen MR) is 57.9 cm³/mol. The number of nitrogens with one attached hydrogen (secondary N) is 1. The molecule has 0 radical (unpaired) electrons. The third kappa shape index (κ3) is 4.00. The van der Waals surface area contributed by atoms with Gasteiger partial charge in [-0.2, -0.15) is 0 Å². The van der Waals surface area contributed by atoms with Gasteiger partial charge in [0, 0.05) is 6.61 Å². The standard InChI is InChI=1S/C10H16N2O4/c1-8(4-5-13)6-11-7-9-2-3-10(16-9)12(14)15/h2-3,8,11,13H,4-7H2,1H3. The van der Waals surface area contributed by atoms with Gasteiger partial charge >= 0.3 is 5.88 Å². The fraction of sp³-hybridized carbons (Fsp3) is 0.600. The highest BCUT2D eigenvalue weighted by molar-refractivity contribution is 5.17. The number of aliphatic hydroxyl groups is 1. The van der Waals surface area contributed by atoms with Crippen LogP contribution in [-0.4, -0.2) is 23.2 Å². The van der Waals surface area contributed by atoms with E-state index in [-0.39, 0.29) is 12.5 Å². The molecule has 16 heavy (non-hydrogen) atoms. The number of nitrogens with zero attached hydrogens (tertiary/aromatic N) is 1. The minimum absolute atomic E-state index is 0.176. The molecule has 0 saturated heterocycles. The number of hydrogen-bond donors (Lipinski definition) is 2. The number of aliphatic hydroxyl groups excluding tert-OH is 1. The molecule has 1 aromatic heterocycles. The summed E-state index contributed by atoms with van der Waals surface area (Å²) in [5, 5.41) is 22.2. The zero-order valence-corrected chi connectivity index (χ0v) is 9.18. The Morgan fingerprint density at radius 1 is 1.62 bits per heavy atom. The molecule has 0 saturated carbocycles. The van der Waals surface area contributed by atoms with Gasteiger partial charge in [0.05, 0.1) is 12.6 Å². The van der Waals surface area contributed by atoms with Crippen molar-refractivity contribution in [2.24, 2.45) is 5.92 Å². The molecule has 90 valence electrons. The van der Waals surface area contributed by atoms with Crippen LogP contribution >= 0.6 is 0 Å². The van der Waals surface area contributed by atoms with Crippen LogP contribution in [0.25, 0.3) is 0 Å². The van der Waals surface area contributed by atoms with Gasteiger partial charge in [-0.25, -0.2) is 0 Å². The SMILES string of the molecule is CC(CCO)CNCc1ccc([N+](=O)[O-])o1. The first-order chi connectivity index (χ1) is 7.63. The molecule has 0 spiro atoms. The van der Waals surface area contributed by atoms with Crippen LogP contribution in [0.5, 0.6) is 0 Å². The molecule has 0 fully saturated rings. The van der Waals surface area contributed by atoms with E-state index in [9.17, 15) is 10.1 Å². The fourth-order valence-electron chi connectivity index (χ4n) is 1.32. The van der Waals surface area contributed by atoms with Gasteiger partial charge in [0.2, 0.25) is 0 Å². The topological polar surface area (TPSA) is 88.5 Å². The average molecular weight is 228 g/mol. The maximum atomic E-state index is 10.3. The summed E-state index contributed by atoms with van der Waals surface area (Å²) >= 11 is 0. The molecule has 6 heteroatoms. The molecule has 0 aliphatic heterocycles. The van der Waals surface area contributed by atoms with Crippen molar-refractivity contribution in [2.45, 2.75) is 19.9 Å². The first-order valence-corrected chi connectivity index (χ1v) is 5.18. The van der Waals surface area contributed by atoms with E-state index in [1.54, 1.807) is 6.07 Å². The van der Waals surface area contributed by atoms with Crippen LogP contribution in [-0.2, 0) is 6.54 Å². The second-order valence-electron chi connectivity index (χ2n) is 3.75. The summed E-state index contributed by atoms with van der Waals surface area (Å²) in [5.74, 6) is 0.679. The zero-order valence-electron chi connectivity index (χ0n) is 9.18. The lowest BCUT2D eigenvalue weighted by Crippen LogP contribution is -2.21. The van der Waals surface area contributed by atoms with Crippen LogP contribution in [0.2, 0.25) is 0 Å². The van der Waals surface area contributed by atoms with Crippen molar-refractivity contribution in [3.8, 4) is 0 Å². The van der Waals surface area contributed by atoms with Gasteiger partial charge in [-0.15, -0.1) is 0 Å². The Balaban J connectivity index is 2.29. The molecule has 0 aromatic carbocycles. The van der Waals surface area contributed by atoms with Gasteiger partial charge in [0.15, 0.2) is 0 Å². The molecular weight excluding hydrogens is 212 g/mol. The summed E-state index contributed by atoms with van der Waals surface area (Å²) in [4.78, 5) is 9.79. The van der Waals surface area contributed by atoms with Crippen molar-refractivity contribution in [3.05, 3.63) is 28.0 Å². The van der Waals surface area contributed by atoms with E-state index in [0.29, 0.717) is 18.2 Å². The van der Waals surface area contributed by atoms with Crippen molar-refractivity contribution in [1.29, 1.82) is 0 Å². The van der Waals surface area contributed by atoms with Crippen LogP contribution in [0.4, 0.5) is 5.88 Å². The van der Waals surface area contributed by atoms with Crippen molar-refractivity contribution in [3.63, 3.8) is 0 Å². The van der Waals surface area contributed by atoms with Crippen LogP contribution < -0.4 is 5.32 Å². The zero-order chi connectivity index (χ0) is 12.0. The van der Waals surface area contributed by atoms with Crippen molar-refractivity contribution >= 4 is 5.88 Å². The largest absolute Gasteiger partial charge is 0.433 e. The highest BCUT2D eigenvalue weighted by Gasteiger charge is 2.11. The lowest BCUT2D eigenvalue weighted by Gasteiger charge is -2.09. The second kappa shape index (κ2) is 6.24.